The van der Waals surface area contributed by atoms with E-state index in [9.17, 15) is 9.90 Å². The number of carboxylic acids is 1. The normalized spacial score (nSPS) is 10.9. The topological polar surface area (TPSA) is 40.1 Å². The standard InChI is InChI=1S/C7H2BrClO2S2/c8-4-5-2(1-3(9)13-5)12-6(4)7(10)11/h1H,(H,10,11)/p-1. The molecular weight excluding hydrogens is 296 g/mol. The van der Waals surface area contributed by atoms with Gasteiger partial charge in [-0.05, 0) is 22.0 Å². The minimum absolute atomic E-state index is 0.220. The van der Waals surface area contributed by atoms with E-state index in [2.05, 4.69) is 15.9 Å². The molecule has 0 aromatic carbocycles. The molecule has 6 heteroatoms. The summed E-state index contributed by atoms with van der Waals surface area (Å²) >= 11 is 11.5. The highest BCUT2D eigenvalue weighted by molar-refractivity contribution is 9.10. The molecule has 68 valence electrons. The van der Waals surface area contributed by atoms with E-state index in [-0.39, 0.29) is 4.88 Å². The van der Waals surface area contributed by atoms with Crippen LogP contribution >= 0.6 is 50.2 Å². The Morgan fingerprint density at radius 1 is 1.54 bits per heavy atom. The molecule has 0 aliphatic heterocycles. The summed E-state index contributed by atoms with van der Waals surface area (Å²) in [5.41, 5.74) is 0. The highest BCUT2D eigenvalue weighted by atomic mass is 79.9. The zero-order valence-electron chi connectivity index (χ0n) is 5.97. The first kappa shape index (κ1) is 9.45. The van der Waals surface area contributed by atoms with Crippen LogP contribution in [0.25, 0.3) is 9.40 Å². The molecule has 2 aromatic rings. The molecule has 13 heavy (non-hydrogen) atoms. The van der Waals surface area contributed by atoms with Crippen molar-refractivity contribution >= 4 is 65.6 Å². The summed E-state index contributed by atoms with van der Waals surface area (Å²) < 4.78 is 2.98. The van der Waals surface area contributed by atoms with E-state index in [1.54, 1.807) is 6.07 Å². The number of carbonyl (C=O) groups excluding carboxylic acids is 1. The lowest BCUT2D eigenvalue weighted by Gasteiger charge is -1.96. The fourth-order valence-corrected chi connectivity index (χ4v) is 4.34. The van der Waals surface area contributed by atoms with Gasteiger partial charge in [-0.15, -0.1) is 22.7 Å². The Kier molecular flexibility index (Phi) is 2.35. The Balaban J connectivity index is 2.76. The molecule has 0 saturated heterocycles. The Hall–Kier alpha value is -0.100. The third kappa shape index (κ3) is 1.50. The van der Waals surface area contributed by atoms with Crippen molar-refractivity contribution in [3.63, 3.8) is 0 Å². The Bertz CT molecular complexity index is 488. The van der Waals surface area contributed by atoms with E-state index in [0.29, 0.717) is 8.81 Å². The molecule has 0 N–H and O–H groups in total. The Morgan fingerprint density at radius 3 is 2.77 bits per heavy atom. The molecule has 0 bridgehead atoms. The molecule has 2 nitrogen and oxygen atoms in total. The predicted octanol–water partition coefficient (Wildman–Crippen LogP) is 2.74. The number of halogens is 2. The molecule has 2 heterocycles. The van der Waals surface area contributed by atoms with Crippen LogP contribution in [-0.2, 0) is 0 Å². The maximum Gasteiger partial charge on any atom is 0.0949 e. The van der Waals surface area contributed by atoms with Crippen molar-refractivity contribution in [2.75, 3.05) is 0 Å². The van der Waals surface area contributed by atoms with Gasteiger partial charge in [0.15, 0.2) is 0 Å². The molecule has 0 saturated carbocycles. The molecule has 0 aliphatic carbocycles. The zero-order chi connectivity index (χ0) is 9.59. The molecule has 0 radical (unpaired) electrons. The van der Waals surface area contributed by atoms with Gasteiger partial charge in [0.25, 0.3) is 0 Å². The highest BCUT2D eigenvalue weighted by Gasteiger charge is 2.13. The molecule has 2 rings (SSSR count). The smallest absolute Gasteiger partial charge is 0.0949 e. The quantitative estimate of drug-likeness (QED) is 0.812. The highest BCUT2D eigenvalue weighted by Crippen LogP contribution is 2.42. The van der Waals surface area contributed by atoms with Crippen molar-refractivity contribution < 1.29 is 9.90 Å². The summed E-state index contributed by atoms with van der Waals surface area (Å²) in [6.45, 7) is 0. The lowest BCUT2D eigenvalue weighted by Crippen LogP contribution is -2.21. The first-order valence-electron chi connectivity index (χ1n) is 3.18. The molecule has 0 unspecified atom stereocenters. The zero-order valence-corrected chi connectivity index (χ0v) is 9.94. The first-order chi connectivity index (χ1) is 6.09. The van der Waals surface area contributed by atoms with Crippen LogP contribution in [0.3, 0.4) is 0 Å². The van der Waals surface area contributed by atoms with Crippen molar-refractivity contribution in [1.82, 2.24) is 0 Å². The summed E-state index contributed by atoms with van der Waals surface area (Å²) in [5, 5.41) is 10.6. The van der Waals surface area contributed by atoms with Crippen LogP contribution in [0.1, 0.15) is 9.67 Å². The third-order valence-corrected chi connectivity index (χ3v) is 5.31. The number of hydrogen-bond acceptors (Lipinski definition) is 4. The van der Waals surface area contributed by atoms with Crippen LogP contribution < -0.4 is 5.11 Å². The largest absolute Gasteiger partial charge is 0.544 e. The molecule has 0 aliphatic rings. The molecule has 0 amide bonds. The maximum atomic E-state index is 10.6. The van der Waals surface area contributed by atoms with Gasteiger partial charge in [-0.1, -0.05) is 11.6 Å². The number of fused-ring (bicyclic) bond motifs is 1. The number of thiophene rings is 2. The van der Waals surface area contributed by atoms with E-state index < -0.39 is 5.97 Å². The van der Waals surface area contributed by atoms with Crippen molar-refractivity contribution in [3.05, 3.63) is 19.8 Å². The van der Waals surface area contributed by atoms with E-state index in [1.165, 1.54) is 22.7 Å². The fraction of sp³-hybridized carbons (Fsp3) is 0. The number of carboxylic acid groups (broad SMARTS) is 1. The molecule has 0 spiro atoms. The van der Waals surface area contributed by atoms with Crippen molar-refractivity contribution in [2.24, 2.45) is 0 Å². The SMILES string of the molecule is O=C([O-])c1sc2cc(Cl)sc2c1Br. The Labute approximate surface area is 94.9 Å². The summed E-state index contributed by atoms with van der Waals surface area (Å²) in [6, 6.07) is 1.75. The lowest BCUT2D eigenvalue weighted by atomic mass is 10.4. The minimum atomic E-state index is -1.16. The second kappa shape index (κ2) is 3.24. The number of aromatic carboxylic acids is 1. The average molecular weight is 297 g/mol. The molecule has 0 atom stereocenters. The van der Waals surface area contributed by atoms with Gasteiger partial charge in [-0.3, -0.25) is 0 Å². The van der Waals surface area contributed by atoms with Gasteiger partial charge in [0.05, 0.1) is 24.4 Å². The van der Waals surface area contributed by atoms with Crippen LogP contribution in [0.4, 0.5) is 0 Å². The maximum absolute atomic E-state index is 10.6. The predicted molar refractivity (Wildman–Crippen MR) is 56.7 cm³/mol. The summed E-state index contributed by atoms with van der Waals surface area (Å²) in [4.78, 5) is 10.8. The monoisotopic (exact) mass is 295 g/mol. The van der Waals surface area contributed by atoms with Gasteiger partial charge in [-0.25, -0.2) is 0 Å². The number of hydrogen-bond donors (Lipinski definition) is 0. The first-order valence-corrected chi connectivity index (χ1v) is 5.98. The van der Waals surface area contributed by atoms with Gasteiger partial charge in [-0.2, -0.15) is 0 Å². The second-order valence-electron chi connectivity index (χ2n) is 2.28. The van der Waals surface area contributed by atoms with Gasteiger partial charge >= 0.3 is 0 Å². The summed E-state index contributed by atoms with van der Waals surface area (Å²) in [5.74, 6) is -1.16. The van der Waals surface area contributed by atoms with E-state index in [0.717, 1.165) is 9.40 Å². The third-order valence-electron chi connectivity index (χ3n) is 1.46. The van der Waals surface area contributed by atoms with Gasteiger partial charge in [0.2, 0.25) is 0 Å². The Morgan fingerprint density at radius 2 is 2.23 bits per heavy atom. The molecule has 0 fully saturated rings. The summed E-state index contributed by atoms with van der Waals surface area (Å²) in [6.07, 6.45) is 0. The van der Waals surface area contributed by atoms with Crippen LogP contribution in [0.2, 0.25) is 4.34 Å². The van der Waals surface area contributed by atoms with Gasteiger partial charge < -0.3 is 9.90 Å². The van der Waals surface area contributed by atoms with Crippen LogP contribution in [-0.4, -0.2) is 5.97 Å². The van der Waals surface area contributed by atoms with Crippen LogP contribution in [0.15, 0.2) is 10.5 Å². The second-order valence-corrected chi connectivity index (χ2v) is 5.81. The minimum Gasteiger partial charge on any atom is -0.544 e. The lowest BCUT2D eigenvalue weighted by molar-refractivity contribution is -0.254. The van der Waals surface area contributed by atoms with Crippen LogP contribution in [0, 0.1) is 0 Å². The van der Waals surface area contributed by atoms with Gasteiger partial charge in [0.1, 0.15) is 0 Å². The summed E-state index contributed by atoms with van der Waals surface area (Å²) in [7, 11) is 0. The van der Waals surface area contributed by atoms with Gasteiger partial charge in [0, 0.05) is 4.70 Å². The molecule has 2 aromatic heterocycles. The van der Waals surface area contributed by atoms with E-state index >= 15 is 0 Å². The van der Waals surface area contributed by atoms with Crippen LogP contribution in [0.5, 0.6) is 0 Å². The number of carbonyl (C=O) groups is 1. The van der Waals surface area contributed by atoms with E-state index in [1.807, 2.05) is 0 Å². The fourth-order valence-electron chi connectivity index (χ4n) is 0.964. The number of rotatable bonds is 1. The average Bonchev–Trinajstić information content (AvgIpc) is 2.51. The van der Waals surface area contributed by atoms with Crippen molar-refractivity contribution in [3.8, 4) is 0 Å². The van der Waals surface area contributed by atoms with Crippen molar-refractivity contribution in [1.29, 1.82) is 0 Å². The van der Waals surface area contributed by atoms with Crippen molar-refractivity contribution in [2.45, 2.75) is 0 Å². The van der Waals surface area contributed by atoms with E-state index in [4.69, 9.17) is 11.6 Å². The molecular formula is C7HBrClO2S2-.